The van der Waals surface area contributed by atoms with Crippen LogP contribution in [0.3, 0.4) is 0 Å². The van der Waals surface area contributed by atoms with E-state index in [1.807, 2.05) is 0 Å². The number of rotatable bonds is 24. The molecule has 0 saturated heterocycles. The van der Waals surface area contributed by atoms with E-state index in [0.717, 1.165) is 0 Å². The van der Waals surface area contributed by atoms with E-state index < -0.39 is 12.0 Å². The summed E-state index contributed by atoms with van der Waals surface area (Å²) >= 11 is 0. The molecular formula is C22H42N4O9. The molecule has 0 fully saturated rings. The summed E-state index contributed by atoms with van der Waals surface area (Å²) in [7, 11) is 1.61. The highest BCUT2D eigenvalue weighted by atomic mass is 16.5. The van der Waals surface area contributed by atoms with Gasteiger partial charge in [0.15, 0.2) is 0 Å². The van der Waals surface area contributed by atoms with Crippen LogP contribution in [0.25, 0.3) is 0 Å². The second-order valence-corrected chi connectivity index (χ2v) is 7.41. The Morgan fingerprint density at radius 3 is 1.66 bits per heavy atom. The smallest absolute Gasteiger partial charge is 0.320 e. The van der Waals surface area contributed by atoms with E-state index in [-0.39, 0.29) is 50.8 Å². The third-order valence-electron chi connectivity index (χ3n) is 4.56. The molecule has 0 aromatic rings. The number of carboxylic acid groups (broad SMARTS) is 1. The van der Waals surface area contributed by atoms with Crippen molar-refractivity contribution in [3.05, 3.63) is 0 Å². The second kappa shape index (κ2) is 23.4. The van der Waals surface area contributed by atoms with E-state index in [4.69, 9.17) is 24.1 Å². The summed E-state index contributed by atoms with van der Waals surface area (Å²) in [5.41, 5.74) is 0. The maximum absolute atomic E-state index is 11.7. The van der Waals surface area contributed by atoms with Crippen LogP contribution in [0.4, 0.5) is 0 Å². The summed E-state index contributed by atoms with van der Waals surface area (Å²) in [5.74, 6) is -1.41. The summed E-state index contributed by atoms with van der Waals surface area (Å²) in [5, 5.41) is 19.7. The van der Waals surface area contributed by atoms with E-state index in [1.165, 1.54) is 0 Å². The minimum atomic E-state index is -0.881. The minimum absolute atomic E-state index is 0.0244. The zero-order valence-corrected chi connectivity index (χ0v) is 20.9. The molecule has 1 atom stereocenters. The highest BCUT2D eigenvalue weighted by molar-refractivity contribution is 5.77. The fraction of sp³-hybridized carbons (Fsp3) is 0.818. The summed E-state index contributed by atoms with van der Waals surface area (Å²) in [4.78, 5) is 45.2. The number of carboxylic acids is 1. The monoisotopic (exact) mass is 506 g/mol. The van der Waals surface area contributed by atoms with Gasteiger partial charge >= 0.3 is 5.97 Å². The first kappa shape index (κ1) is 32.7. The molecule has 0 rings (SSSR count). The first-order valence-electron chi connectivity index (χ1n) is 11.9. The predicted molar refractivity (Wildman–Crippen MR) is 127 cm³/mol. The third kappa shape index (κ3) is 21.9. The third-order valence-corrected chi connectivity index (χ3v) is 4.56. The fourth-order valence-electron chi connectivity index (χ4n) is 2.61. The average molecular weight is 507 g/mol. The fourth-order valence-corrected chi connectivity index (χ4v) is 2.61. The number of carbonyl (C=O) groups excluding carboxylic acids is 3. The van der Waals surface area contributed by atoms with Crippen LogP contribution in [0.1, 0.15) is 32.6 Å². The Morgan fingerprint density at radius 2 is 1.17 bits per heavy atom. The van der Waals surface area contributed by atoms with Crippen molar-refractivity contribution in [3.8, 4) is 0 Å². The predicted octanol–water partition coefficient (Wildman–Crippen LogP) is -1.35. The zero-order valence-electron chi connectivity index (χ0n) is 20.9. The zero-order chi connectivity index (χ0) is 26.2. The van der Waals surface area contributed by atoms with Gasteiger partial charge in [-0.05, 0) is 26.3 Å². The Morgan fingerprint density at radius 1 is 0.686 bits per heavy atom. The van der Waals surface area contributed by atoms with Crippen molar-refractivity contribution in [2.45, 2.75) is 38.6 Å². The maximum Gasteiger partial charge on any atom is 0.320 e. The molecular weight excluding hydrogens is 464 g/mol. The number of nitrogens with one attached hydrogen (secondary N) is 4. The molecule has 0 saturated carbocycles. The van der Waals surface area contributed by atoms with Gasteiger partial charge in [-0.1, -0.05) is 6.92 Å². The maximum atomic E-state index is 11.7. The number of aliphatic carboxylic acids is 1. The van der Waals surface area contributed by atoms with E-state index in [2.05, 4.69) is 21.3 Å². The molecule has 0 heterocycles. The van der Waals surface area contributed by atoms with Gasteiger partial charge < -0.3 is 45.3 Å². The van der Waals surface area contributed by atoms with Crippen molar-refractivity contribution >= 4 is 23.7 Å². The number of carbonyl (C=O) groups is 4. The SMILES string of the molecule is CCC(=O)NCCOCCOCC(=O)NCCOCCOCC(=O)NCCCC[C@H](NC)C(=O)O. The molecule has 0 aliphatic heterocycles. The number of hydrogen-bond acceptors (Lipinski definition) is 9. The standard InChI is InChI=1S/C22H42N4O9/c1-3-19(27)25-8-10-32-12-15-35-17-21(29)26-9-11-33-13-14-34-16-20(28)24-7-5-4-6-18(23-2)22(30)31/h18,23H,3-17H2,1-2H3,(H,24,28)(H,25,27)(H,26,29)(H,30,31)/t18-/m0/s1. The van der Waals surface area contributed by atoms with Crippen molar-refractivity contribution in [2.75, 3.05) is 79.5 Å². The Balaban J connectivity index is 3.39. The van der Waals surface area contributed by atoms with E-state index in [1.54, 1.807) is 14.0 Å². The van der Waals surface area contributed by atoms with Gasteiger partial charge in [-0.3, -0.25) is 19.2 Å². The summed E-state index contributed by atoms with van der Waals surface area (Å²) < 4.78 is 21.0. The van der Waals surface area contributed by atoms with Crippen LogP contribution in [0, 0.1) is 0 Å². The van der Waals surface area contributed by atoms with Crippen molar-refractivity contribution < 1.29 is 43.2 Å². The van der Waals surface area contributed by atoms with Gasteiger partial charge in [0.05, 0.1) is 39.6 Å². The number of amides is 3. The molecule has 0 aliphatic rings. The summed E-state index contributed by atoms with van der Waals surface area (Å²) in [6.07, 6.45) is 2.31. The Bertz CT molecular complexity index is 593. The lowest BCUT2D eigenvalue weighted by Crippen LogP contribution is -2.34. The lowest BCUT2D eigenvalue weighted by atomic mass is 10.1. The number of hydrogen-bond donors (Lipinski definition) is 5. The van der Waals surface area contributed by atoms with Crippen LogP contribution in [0.15, 0.2) is 0 Å². The Labute approximate surface area is 206 Å². The van der Waals surface area contributed by atoms with Crippen molar-refractivity contribution in [1.82, 2.24) is 21.3 Å². The normalized spacial score (nSPS) is 11.6. The quantitative estimate of drug-likeness (QED) is 0.0985. The topological polar surface area (TPSA) is 174 Å². The highest BCUT2D eigenvalue weighted by Gasteiger charge is 2.13. The van der Waals surface area contributed by atoms with Crippen LogP contribution >= 0.6 is 0 Å². The van der Waals surface area contributed by atoms with Crippen LogP contribution in [-0.4, -0.2) is 114 Å². The lowest BCUT2D eigenvalue weighted by molar-refractivity contribution is -0.139. The van der Waals surface area contributed by atoms with Crippen molar-refractivity contribution in [2.24, 2.45) is 0 Å². The second-order valence-electron chi connectivity index (χ2n) is 7.41. The summed E-state index contributed by atoms with van der Waals surface area (Å²) in [6, 6.07) is -0.570. The minimum Gasteiger partial charge on any atom is -0.480 e. The largest absolute Gasteiger partial charge is 0.480 e. The van der Waals surface area contributed by atoms with Gasteiger partial charge in [-0.25, -0.2) is 0 Å². The molecule has 13 heteroatoms. The van der Waals surface area contributed by atoms with Crippen LogP contribution < -0.4 is 21.3 Å². The molecule has 204 valence electrons. The molecule has 0 aromatic heterocycles. The molecule has 0 aromatic carbocycles. The van der Waals surface area contributed by atoms with E-state index >= 15 is 0 Å². The molecule has 0 unspecified atom stereocenters. The Kier molecular flexibility index (Phi) is 21.9. The lowest BCUT2D eigenvalue weighted by Gasteiger charge is -2.11. The molecule has 3 amide bonds. The number of ether oxygens (including phenoxy) is 4. The first-order chi connectivity index (χ1) is 16.9. The van der Waals surface area contributed by atoms with Crippen LogP contribution in [0.2, 0.25) is 0 Å². The van der Waals surface area contributed by atoms with Crippen molar-refractivity contribution in [3.63, 3.8) is 0 Å². The number of unbranched alkanes of at least 4 members (excludes halogenated alkanes) is 1. The van der Waals surface area contributed by atoms with Gasteiger partial charge in [0.25, 0.3) is 0 Å². The summed E-state index contributed by atoms with van der Waals surface area (Å²) in [6.45, 7) is 4.69. The molecule has 0 aliphatic carbocycles. The average Bonchev–Trinajstić information content (AvgIpc) is 2.84. The first-order valence-corrected chi connectivity index (χ1v) is 11.9. The molecule has 0 radical (unpaired) electrons. The molecule has 0 bridgehead atoms. The van der Waals surface area contributed by atoms with Gasteiger partial charge in [0.2, 0.25) is 17.7 Å². The van der Waals surface area contributed by atoms with Crippen LogP contribution in [-0.2, 0) is 38.1 Å². The van der Waals surface area contributed by atoms with Gasteiger partial charge in [-0.15, -0.1) is 0 Å². The molecule has 0 spiro atoms. The molecule has 35 heavy (non-hydrogen) atoms. The highest BCUT2D eigenvalue weighted by Crippen LogP contribution is 2.00. The molecule has 5 N–H and O–H groups in total. The van der Waals surface area contributed by atoms with Gasteiger partial charge in [0.1, 0.15) is 19.3 Å². The van der Waals surface area contributed by atoms with Gasteiger partial charge in [-0.2, -0.15) is 0 Å². The molecule has 13 nitrogen and oxygen atoms in total. The van der Waals surface area contributed by atoms with Gasteiger partial charge in [0, 0.05) is 26.1 Å². The van der Waals surface area contributed by atoms with Crippen molar-refractivity contribution in [1.29, 1.82) is 0 Å². The van der Waals surface area contributed by atoms with E-state index in [0.29, 0.717) is 65.1 Å². The number of likely N-dealkylation sites (N-methyl/N-ethyl adjacent to an activating group) is 1. The Hall–Kier alpha value is -2.32. The van der Waals surface area contributed by atoms with E-state index in [9.17, 15) is 19.2 Å². The van der Waals surface area contributed by atoms with Crippen LogP contribution in [0.5, 0.6) is 0 Å².